The van der Waals surface area contributed by atoms with Gasteiger partial charge in [0, 0.05) is 6.08 Å². The molecule has 0 unspecified atom stereocenters. The Kier molecular flexibility index (Phi) is 4.26. The molecule has 0 fully saturated rings. The van der Waals surface area contributed by atoms with Crippen LogP contribution >= 0.6 is 15.9 Å². The average molecular weight is 241 g/mol. The van der Waals surface area contributed by atoms with Crippen molar-refractivity contribution in [2.24, 2.45) is 0 Å². The van der Waals surface area contributed by atoms with Crippen molar-refractivity contribution in [1.29, 1.82) is 0 Å². The molecule has 1 rings (SSSR count). The largest absolute Gasteiger partial charge is 0.461 e. The summed E-state index contributed by atoms with van der Waals surface area (Å²) >= 11 is 3.22. The number of ether oxygens (including phenoxy) is 1. The van der Waals surface area contributed by atoms with Crippen LogP contribution < -0.4 is 4.74 Å². The van der Waals surface area contributed by atoms with E-state index in [1.54, 1.807) is 0 Å². The molecule has 0 heterocycles. The molecule has 13 heavy (non-hydrogen) atoms. The van der Waals surface area contributed by atoms with Gasteiger partial charge in [0.05, 0.1) is 5.33 Å². The van der Waals surface area contributed by atoms with Crippen LogP contribution in [0.2, 0.25) is 0 Å². The minimum absolute atomic E-state index is 0.528. The number of hydrogen-bond donors (Lipinski definition) is 0. The van der Waals surface area contributed by atoms with Crippen LogP contribution in [0.1, 0.15) is 0 Å². The van der Waals surface area contributed by atoms with Gasteiger partial charge in [0.25, 0.3) is 0 Å². The van der Waals surface area contributed by atoms with Crippen LogP contribution in [0.25, 0.3) is 0 Å². The Bertz CT molecular complexity index is 293. The van der Waals surface area contributed by atoms with E-state index in [4.69, 9.17) is 4.74 Å². The lowest BCUT2D eigenvalue weighted by molar-refractivity contribution is -0.104. The lowest BCUT2D eigenvalue weighted by atomic mass is 10.3. The van der Waals surface area contributed by atoms with E-state index in [2.05, 4.69) is 15.9 Å². The van der Waals surface area contributed by atoms with Crippen LogP contribution in [0.3, 0.4) is 0 Å². The van der Waals surface area contributed by atoms with Gasteiger partial charge in [-0.1, -0.05) is 34.1 Å². The summed E-state index contributed by atoms with van der Waals surface area (Å²) in [6.07, 6.45) is 2.10. The highest BCUT2D eigenvalue weighted by molar-refractivity contribution is 9.09. The number of benzene rings is 1. The fourth-order valence-corrected chi connectivity index (χ4v) is 1.12. The Morgan fingerprint density at radius 1 is 1.38 bits per heavy atom. The summed E-state index contributed by atoms with van der Waals surface area (Å²) in [6, 6.07) is 9.33. The van der Waals surface area contributed by atoms with Gasteiger partial charge in [-0.05, 0) is 12.1 Å². The molecule has 0 radical (unpaired) electrons. The fourth-order valence-electron chi connectivity index (χ4n) is 0.822. The number of rotatable bonds is 4. The van der Waals surface area contributed by atoms with E-state index in [1.165, 1.54) is 6.08 Å². The Morgan fingerprint density at radius 3 is 2.62 bits per heavy atom. The van der Waals surface area contributed by atoms with Gasteiger partial charge >= 0.3 is 0 Å². The van der Waals surface area contributed by atoms with Gasteiger partial charge < -0.3 is 4.74 Å². The van der Waals surface area contributed by atoms with Gasteiger partial charge in [0.15, 0.2) is 0 Å². The van der Waals surface area contributed by atoms with Gasteiger partial charge in [-0.2, -0.15) is 0 Å². The standard InChI is InChI=1S/C10H9BrO2/c11-8-10(6-7-12)13-9-4-2-1-3-5-9/h1-7H,8H2. The zero-order chi connectivity index (χ0) is 9.52. The molecule has 1 aromatic rings. The zero-order valence-electron chi connectivity index (χ0n) is 6.94. The summed E-state index contributed by atoms with van der Waals surface area (Å²) in [5.41, 5.74) is 0. The number of alkyl halides is 1. The minimum Gasteiger partial charge on any atom is -0.461 e. The summed E-state index contributed by atoms with van der Waals surface area (Å²) in [5, 5.41) is 0.528. The number of carbonyl (C=O) groups excluding carboxylic acids is 1. The van der Waals surface area contributed by atoms with Crippen LogP contribution in [0.4, 0.5) is 0 Å². The predicted octanol–water partition coefficient (Wildman–Crippen LogP) is 2.54. The summed E-state index contributed by atoms with van der Waals surface area (Å²) in [4.78, 5) is 10.2. The molecule has 0 bridgehead atoms. The molecule has 68 valence electrons. The van der Waals surface area contributed by atoms with Crippen molar-refractivity contribution >= 4 is 22.2 Å². The monoisotopic (exact) mass is 240 g/mol. The maximum atomic E-state index is 10.2. The summed E-state index contributed by atoms with van der Waals surface area (Å²) < 4.78 is 5.39. The molecule has 0 saturated carbocycles. The van der Waals surface area contributed by atoms with E-state index >= 15 is 0 Å². The first-order valence-corrected chi connectivity index (χ1v) is 4.92. The maximum Gasteiger partial charge on any atom is 0.146 e. The molecule has 1 aromatic carbocycles. The first-order valence-electron chi connectivity index (χ1n) is 3.80. The molecule has 0 aliphatic carbocycles. The number of hydrogen-bond acceptors (Lipinski definition) is 2. The van der Waals surface area contributed by atoms with E-state index < -0.39 is 0 Å². The molecule has 0 amide bonds. The van der Waals surface area contributed by atoms with Crippen molar-refractivity contribution in [3.63, 3.8) is 0 Å². The van der Waals surface area contributed by atoms with Gasteiger partial charge in [0.2, 0.25) is 0 Å². The van der Waals surface area contributed by atoms with E-state index in [9.17, 15) is 4.79 Å². The van der Waals surface area contributed by atoms with Gasteiger partial charge in [0.1, 0.15) is 17.8 Å². The van der Waals surface area contributed by atoms with Gasteiger partial charge in [-0.25, -0.2) is 0 Å². The topological polar surface area (TPSA) is 26.3 Å². The molecule has 0 aromatic heterocycles. The SMILES string of the molecule is O=CC=C(CBr)Oc1ccccc1. The highest BCUT2D eigenvalue weighted by Crippen LogP contribution is 2.13. The summed E-state index contributed by atoms with van der Waals surface area (Å²) in [7, 11) is 0. The number of allylic oxidation sites excluding steroid dienone is 2. The molecule has 0 aliphatic rings. The lowest BCUT2D eigenvalue weighted by Gasteiger charge is -2.05. The average Bonchev–Trinajstić information content (AvgIpc) is 2.19. The molecular formula is C10H9BrO2. The quantitative estimate of drug-likeness (QED) is 0.350. The van der Waals surface area contributed by atoms with Crippen LogP contribution in [0.15, 0.2) is 42.2 Å². The fraction of sp³-hybridized carbons (Fsp3) is 0.100. The number of aldehydes is 1. The predicted molar refractivity (Wildman–Crippen MR) is 55.0 cm³/mol. The first-order chi connectivity index (χ1) is 6.36. The van der Waals surface area contributed by atoms with E-state index in [-0.39, 0.29) is 0 Å². The van der Waals surface area contributed by atoms with E-state index in [1.807, 2.05) is 30.3 Å². The third-order valence-electron chi connectivity index (χ3n) is 1.38. The molecule has 3 heteroatoms. The third-order valence-corrected chi connectivity index (χ3v) is 1.93. The van der Waals surface area contributed by atoms with E-state index in [0.717, 1.165) is 5.75 Å². The highest BCUT2D eigenvalue weighted by Gasteiger charge is 1.96. The number of para-hydroxylation sites is 1. The Labute approximate surface area is 85.3 Å². The second kappa shape index (κ2) is 5.54. The second-order valence-corrected chi connectivity index (χ2v) is 2.88. The van der Waals surface area contributed by atoms with Crippen LogP contribution in [0.5, 0.6) is 5.75 Å². The van der Waals surface area contributed by atoms with Crippen molar-refractivity contribution in [3.05, 3.63) is 42.2 Å². The summed E-state index contributed by atoms with van der Waals surface area (Å²) in [6.45, 7) is 0. The number of halogens is 1. The molecular weight excluding hydrogens is 232 g/mol. The normalized spacial score (nSPS) is 11.0. The smallest absolute Gasteiger partial charge is 0.146 e. The molecule has 0 spiro atoms. The summed E-state index contributed by atoms with van der Waals surface area (Å²) in [5.74, 6) is 1.33. The Morgan fingerprint density at radius 2 is 2.08 bits per heavy atom. The lowest BCUT2D eigenvalue weighted by Crippen LogP contribution is -1.96. The Balaban J connectivity index is 2.67. The molecule has 0 N–H and O–H groups in total. The van der Waals surface area contributed by atoms with Crippen molar-refractivity contribution in [2.75, 3.05) is 5.33 Å². The molecule has 0 aliphatic heterocycles. The number of carbonyl (C=O) groups is 1. The second-order valence-electron chi connectivity index (χ2n) is 2.32. The molecule has 0 atom stereocenters. The van der Waals surface area contributed by atoms with Crippen molar-refractivity contribution in [1.82, 2.24) is 0 Å². The van der Waals surface area contributed by atoms with Gasteiger partial charge in [-0.15, -0.1) is 0 Å². The Hall–Kier alpha value is -1.09. The zero-order valence-corrected chi connectivity index (χ0v) is 8.53. The minimum atomic E-state index is 0.528. The van der Waals surface area contributed by atoms with Crippen LogP contribution in [-0.4, -0.2) is 11.6 Å². The van der Waals surface area contributed by atoms with Crippen molar-refractivity contribution in [3.8, 4) is 5.75 Å². The van der Waals surface area contributed by atoms with Crippen LogP contribution in [0, 0.1) is 0 Å². The van der Waals surface area contributed by atoms with E-state index in [0.29, 0.717) is 17.4 Å². The molecule has 2 nitrogen and oxygen atoms in total. The molecule has 0 saturated heterocycles. The van der Waals surface area contributed by atoms with Gasteiger partial charge in [-0.3, -0.25) is 4.79 Å². The van der Waals surface area contributed by atoms with Crippen molar-refractivity contribution in [2.45, 2.75) is 0 Å². The van der Waals surface area contributed by atoms with Crippen LogP contribution in [-0.2, 0) is 4.79 Å². The third kappa shape index (κ3) is 3.42. The first kappa shape index (κ1) is 9.99. The maximum absolute atomic E-state index is 10.2. The highest BCUT2D eigenvalue weighted by atomic mass is 79.9. The van der Waals surface area contributed by atoms with Crippen molar-refractivity contribution < 1.29 is 9.53 Å².